The maximum atomic E-state index is 13.8. The molecule has 0 aliphatic rings. The van der Waals surface area contributed by atoms with Crippen LogP contribution in [0.4, 0.5) is 4.39 Å². The Balaban J connectivity index is 2.78. The fraction of sp³-hybridized carbons (Fsp3) is 0.550. The molecule has 0 aliphatic carbocycles. The van der Waals surface area contributed by atoms with E-state index >= 15 is 0 Å². The smallest absolute Gasteiger partial charge is 0.329 e. The lowest BCUT2D eigenvalue weighted by Crippen LogP contribution is -2.48. The minimum Gasteiger partial charge on any atom is -0.454 e. The van der Waals surface area contributed by atoms with Crippen LogP contribution >= 0.6 is 0 Å². The molecule has 0 heterocycles. The van der Waals surface area contributed by atoms with Crippen LogP contribution < -0.4 is 5.32 Å². The average molecular weight is 380 g/mol. The van der Waals surface area contributed by atoms with Gasteiger partial charge >= 0.3 is 5.97 Å². The van der Waals surface area contributed by atoms with Gasteiger partial charge in [0, 0.05) is 12.1 Å². The van der Waals surface area contributed by atoms with Crippen LogP contribution in [0.5, 0.6) is 0 Å². The Morgan fingerprint density at radius 1 is 1.04 bits per heavy atom. The summed E-state index contributed by atoms with van der Waals surface area (Å²) in [7, 11) is 0. The second-order valence-corrected chi connectivity index (χ2v) is 7.27. The average Bonchev–Trinajstić information content (AvgIpc) is 2.56. The Bertz CT molecular complexity index is 666. The quantitative estimate of drug-likeness (QED) is 0.704. The maximum Gasteiger partial charge on any atom is 0.329 e. The van der Waals surface area contributed by atoms with Crippen LogP contribution in [0, 0.1) is 11.7 Å². The highest BCUT2D eigenvalue weighted by Crippen LogP contribution is 2.11. The summed E-state index contributed by atoms with van der Waals surface area (Å²) in [4.78, 5) is 38.6. The van der Waals surface area contributed by atoms with Gasteiger partial charge in [-0.25, -0.2) is 9.18 Å². The van der Waals surface area contributed by atoms with E-state index in [1.807, 2.05) is 27.7 Å². The van der Waals surface area contributed by atoms with Crippen molar-refractivity contribution in [3.8, 4) is 0 Å². The van der Waals surface area contributed by atoms with E-state index in [1.165, 1.54) is 24.3 Å². The van der Waals surface area contributed by atoms with Crippen LogP contribution in [0.25, 0.3) is 0 Å². The van der Waals surface area contributed by atoms with E-state index in [-0.39, 0.29) is 29.5 Å². The van der Waals surface area contributed by atoms with Gasteiger partial charge in [0.15, 0.2) is 6.61 Å². The number of halogens is 1. The van der Waals surface area contributed by atoms with E-state index in [4.69, 9.17) is 4.74 Å². The van der Waals surface area contributed by atoms with E-state index in [0.717, 1.165) is 0 Å². The van der Waals surface area contributed by atoms with E-state index < -0.39 is 30.3 Å². The summed E-state index contributed by atoms with van der Waals surface area (Å²) in [5, 5.41) is 2.49. The van der Waals surface area contributed by atoms with Gasteiger partial charge in [0.2, 0.25) is 0 Å². The molecule has 1 N–H and O–H groups in total. The first kappa shape index (κ1) is 22.6. The molecule has 0 radical (unpaired) electrons. The molecule has 0 fully saturated rings. The van der Waals surface area contributed by atoms with Gasteiger partial charge in [0.25, 0.3) is 11.8 Å². The summed E-state index contributed by atoms with van der Waals surface area (Å²) in [5.74, 6) is -2.71. The molecular weight excluding hydrogens is 351 g/mol. The number of esters is 1. The molecular formula is C20H29FN2O4. The van der Waals surface area contributed by atoms with Crippen molar-refractivity contribution in [1.82, 2.24) is 10.2 Å². The molecule has 0 saturated heterocycles. The van der Waals surface area contributed by atoms with Crippen LogP contribution in [0.1, 0.15) is 51.9 Å². The summed E-state index contributed by atoms with van der Waals surface area (Å²) in [5.41, 5.74) is -0.155. The summed E-state index contributed by atoms with van der Waals surface area (Å²) in [6, 6.07) is 4.46. The predicted octanol–water partition coefficient (Wildman–Crippen LogP) is 2.77. The lowest BCUT2D eigenvalue weighted by atomic mass is 10.0. The Morgan fingerprint density at radius 3 is 2.07 bits per heavy atom. The highest BCUT2D eigenvalue weighted by molar-refractivity contribution is 5.97. The molecule has 0 spiro atoms. The molecule has 6 nitrogen and oxygen atoms in total. The molecule has 7 heteroatoms. The third-order valence-corrected chi connectivity index (χ3v) is 4.06. The van der Waals surface area contributed by atoms with Gasteiger partial charge in [0.05, 0.1) is 5.56 Å². The number of nitrogens with zero attached hydrogens (tertiary/aromatic N) is 1. The summed E-state index contributed by atoms with van der Waals surface area (Å²) < 4.78 is 18.9. The zero-order valence-corrected chi connectivity index (χ0v) is 16.8. The lowest BCUT2D eigenvalue weighted by molar-refractivity contribution is -0.155. The monoisotopic (exact) mass is 380 g/mol. The zero-order valence-electron chi connectivity index (χ0n) is 16.8. The van der Waals surface area contributed by atoms with Gasteiger partial charge in [-0.15, -0.1) is 0 Å². The summed E-state index contributed by atoms with van der Waals surface area (Å²) in [6.07, 6.45) is 0. The Kier molecular flexibility index (Phi) is 8.40. The van der Waals surface area contributed by atoms with Crippen molar-refractivity contribution in [3.05, 3.63) is 35.6 Å². The van der Waals surface area contributed by atoms with E-state index in [1.54, 1.807) is 18.7 Å². The number of rotatable bonds is 8. The topological polar surface area (TPSA) is 75.7 Å². The van der Waals surface area contributed by atoms with Crippen molar-refractivity contribution in [2.24, 2.45) is 5.92 Å². The molecule has 1 rings (SSSR count). The van der Waals surface area contributed by atoms with Gasteiger partial charge in [-0.05, 0) is 45.7 Å². The summed E-state index contributed by atoms with van der Waals surface area (Å²) in [6.45, 7) is 10.6. The first-order valence-electron chi connectivity index (χ1n) is 9.09. The first-order valence-corrected chi connectivity index (χ1v) is 9.09. The maximum absolute atomic E-state index is 13.8. The van der Waals surface area contributed by atoms with E-state index in [2.05, 4.69) is 5.32 Å². The molecule has 0 unspecified atom stereocenters. The standard InChI is InChI=1S/C20H29FN2O4/c1-12(2)18(22-19(25)15-9-7-8-10-16(15)21)20(26)27-11-17(24)23(13(3)4)14(5)6/h7-10,12-14,18H,11H2,1-6H3,(H,22,25)/t18-/m0/s1. The van der Waals surface area contributed by atoms with Crippen LogP contribution in [-0.4, -0.2) is 47.4 Å². The van der Waals surface area contributed by atoms with E-state index in [9.17, 15) is 18.8 Å². The number of hydrogen-bond donors (Lipinski definition) is 1. The Hall–Kier alpha value is -2.44. The number of nitrogens with one attached hydrogen (secondary N) is 1. The molecule has 0 aliphatic heterocycles. The molecule has 2 amide bonds. The Labute approximate surface area is 160 Å². The molecule has 0 saturated carbocycles. The van der Waals surface area contributed by atoms with Crippen LogP contribution in [0.2, 0.25) is 0 Å². The number of ether oxygens (including phenoxy) is 1. The lowest BCUT2D eigenvalue weighted by Gasteiger charge is -2.30. The second-order valence-electron chi connectivity index (χ2n) is 7.27. The fourth-order valence-electron chi connectivity index (χ4n) is 2.83. The first-order chi connectivity index (χ1) is 12.6. The van der Waals surface area contributed by atoms with Gasteiger partial charge in [-0.2, -0.15) is 0 Å². The molecule has 1 aromatic carbocycles. The van der Waals surface area contributed by atoms with Crippen molar-refractivity contribution in [3.63, 3.8) is 0 Å². The third kappa shape index (κ3) is 6.34. The minimum absolute atomic E-state index is 0.0298. The molecule has 0 bridgehead atoms. The second kappa shape index (κ2) is 10.0. The highest BCUT2D eigenvalue weighted by Gasteiger charge is 2.29. The van der Waals surface area contributed by atoms with Crippen LogP contribution in [0.3, 0.4) is 0 Å². The molecule has 1 atom stereocenters. The highest BCUT2D eigenvalue weighted by atomic mass is 19.1. The SMILES string of the molecule is CC(C)[C@H](NC(=O)c1ccccc1F)C(=O)OCC(=O)N(C(C)C)C(C)C. The molecule has 0 aromatic heterocycles. The third-order valence-electron chi connectivity index (χ3n) is 4.06. The number of carbonyl (C=O) groups is 3. The van der Waals surface area contributed by atoms with Gasteiger partial charge in [0.1, 0.15) is 11.9 Å². The number of amides is 2. The number of carbonyl (C=O) groups excluding carboxylic acids is 3. The van der Waals surface area contributed by atoms with Crippen molar-refractivity contribution < 1.29 is 23.5 Å². The predicted molar refractivity (Wildman–Crippen MR) is 101 cm³/mol. The van der Waals surface area contributed by atoms with Crippen LogP contribution in [-0.2, 0) is 14.3 Å². The van der Waals surface area contributed by atoms with Crippen molar-refractivity contribution in [2.75, 3.05) is 6.61 Å². The largest absolute Gasteiger partial charge is 0.454 e. The van der Waals surface area contributed by atoms with Crippen molar-refractivity contribution >= 4 is 17.8 Å². The van der Waals surface area contributed by atoms with Crippen LogP contribution in [0.15, 0.2) is 24.3 Å². The minimum atomic E-state index is -0.989. The van der Waals surface area contributed by atoms with Gasteiger partial charge in [-0.1, -0.05) is 26.0 Å². The fourth-order valence-corrected chi connectivity index (χ4v) is 2.83. The molecule has 1 aromatic rings. The van der Waals surface area contributed by atoms with E-state index in [0.29, 0.717) is 0 Å². The van der Waals surface area contributed by atoms with Gasteiger partial charge in [-0.3, -0.25) is 9.59 Å². The molecule has 150 valence electrons. The summed E-state index contributed by atoms with van der Waals surface area (Å²) >= 11 is 0. The zero-order chi connectivity index (χ0) is 20.7. The Morgan fingerprint density at radius 2 is 1.59 bits per heavy atom. The van der Waals surface area contributed by atoms with Crippen molar-refractivity contribution in [2.45, 2.75) is 59.7 Å². The normalized spacial score (nSPS) is 12.2. The number of hydrogen-bond acceptors (Lipinski definition) is 4. The molecule has 27 heavy (non-hydrogen) atoms. The van der Waals surface area contributed by atoms with Gasteiger partial charge < -0.3 is 15.0 Å². The van der Waals surface area contributed by atoms with Crippen molar-refractivity contribution in [1.29, 1.82) is 0 Å². The number of benzene rings is 1.